The number of amides is 2. The number of carbonyl (C=O) groups is 2. The number of nitrogens with one attached hydrogen (secondary N) is 1. The summed E-state index contributed by atoms with van der Waals surface area (Å²) in [5.41, 5.74) is -0.627. The van der Waals surface area contributed by atoms with Crippen molar-refractivity contribution in [1.29, 1.82) is 0 Å². The zero-order chi connectivity index (χ0) is 15.0. The largest absolute Gasteiger partial charge is 0.343 e. The lowest BCUT2D eigenvalue weighted by molar-refractivity contribution is -0.160. The maximum absolute atomic E-state index is 12.7. The number of carbonyl (C=O) groups excluding carboxylic acids is 2. The van der Waals surface area contributed by atoms with Crippen molar-refractivity contribution >= 4 is 39.1 Å². The van der Waals surface area contributed by atoms with E-state index in [4.69, 9.17) is 0 Å². The topological polar surface area (TPSA) is 49.4 Å². The lowest BCUT2D eigenvalue weighted by Gasteiger charge is -2.49. The van der Waals surface area contributed by atoms with Crippen LogP contribution in [0.2, 0.25) is 0 Å². The minimum absolute atomic E-state index is 0.0323. The first kappa shape index (κ1) is 15.0. The molecule has 1 saturated carbocycles. The van der Waals surface area contributed by atoms with Crippen LogP contribution in [0, 0.1) is 0 Å². The van der Waals surface area contributed by atoms with E-state index < -0.39 is 11.6 Å². The second-order valence-electron chi connectivity index (χ2n) is 5.94. The molecule has 1 aliphatic heterocycles. The first-order valence-electron chi connectivity index (χ1n) is 7.38. The number of nitrogens with zero attached hydrogens (tertiary/aromatic N) is 1. The van der Waals surface area contributed by atoms with E-state index in [1.165, 1.54) is 0 Å². The zero-order valence-electron chi connectivity index (χ0n) is 12.0. The Kier molecular flexibility index (Phi) is 4.10. The predicted molar refractivity (Wildman–Crippen MR) is 86.0 cm³/mol. The van der Waals surface area contributed by atoms with E-state index in [1.807, 2.05) is 16.3 Å². The molecular weight excluding hydrogens is 352 g/mol. The molecule has 4 nitrogen and oxygen atoms in total. The Balaban J connectivity index is 1.93. The summed E-state index contributed by atoms with van der Waals surface area (Å²) in [7, 11) is 0. The Labute approximate surface area is 137 Å². The highest BCUT2D eigenvalue weighted by Gasteiger charge is 2.51. The number of piperazine rings is 1. The van der Waals surface area contributed by atoms with Crippen molar-refractivity contribution in [3.8, 4) is 0 Å². The zero-order valence-corrected chi connectivity index (χ0v) is 14.4. The van der Waals surface area contributed by atoms with Crippen LogP contribution in [-0.2, 0) is 16.1 Å². The van der Waals surface area contributed by atoms with Crippen molar-refractivity contribution in [2.45, 2.75) is 57.2 Å². The van der Waals surface area contributed by atoms with Gasteiger partial charge in [0.15, 0.2) is 0 Å². The summed E-state index contributed by atoms with van der Waals surface area (Å²) >= 11 is 5.07. The summed E-state index contributed by atoms with van der Waals surface area (Å²) in [4.78, 5) is 28.2. The summed E-state index contributed by atoms with van der Waals surface area (Å²) in [5.74, 6) is 0.0749. The molecule has 2 aliphatic rings. The molecule has 3 rings (SSSR count). The van der Waals surface area contributed by atoms with Gasteiger partial charge in [-0.3, -0.25) is 9.59 Å². The SMILES string of the molecule is CC1NC(=O)C2(CCCCC2)N(Cc2cc(Br)cs2)C1=O. The van der Waals surface area contributed by atoms with E-state index in [-0.39, 0.29) is 11.8 Å². The van der Waals surface area contributed by atoms with E-state index in [2.05, 4.69) is 21.2 Å². The van der Waals surface area contributed by atoms with Crippen LogP contribution in [0.25, 0.3) is 0 Å². The van der Waals surface area contributed by atoms with E-state index >= 15 is 0 Å². The maximum Gasteiger partial charge on any atom is 0.246 e. The molecule has 1 aromatic heterocycles. The quantitative estimate of drug-likeness (QED) is 0.869. The summed E-state index contributed by atoms with van der Waals surface area (Å²) in [6, 6.07) is 1.61. The van der Waals surface area contributed by atoms with Crippen LogP contribution >= 0.6 is 27.3 Å². The van der Waals surface area contributed by atoms with E-state index in [9.17, 15) is 9.59 Å². The Morgan fingerprint density at radius 3 is 2.71 bits per heavy atom. The first-order chi connectivity index (χ1) is 10.0. The molecule has 0 bridgehead atoms. The van der Waals surface area contributed by atoms with Crippen molar-refractivity contribution in [2.24, 2.45) is 0 Å². The van der Waals surface area contributed by atoms with Crippen LogP contribution in [0.5, 0.6) is 0 Å². The van der Waals surface area contributed by atoms with Gasteiger partial charge in [0.2, 0.25) is 11.8 Å². The molecule has 1 N–H and O–H groups in total. The van der Waals surface area contributed by atoms with Crippen LogP contribution in [0.15, 0.2) is 15.9 Å². The lowest BCUT2D eigenvalue weighted by Crippen LogP contribution is -2.70. The highest BCUT2D eigenvalue weighted by molar-refractivity contribution is 9.10. The number of hydrogen-bond donors (Lipinski definition) is 1. The molecule has 21 heavy (non-hydrogen) atoms. The van der Waals surface area contributed by atoms with Crippen molar-refractivity contribution in [3.05, 3.63) is 20.8 Å². The van der Waals surface area contributed by atoms with Crippen LogP contribution in [0.3, 0.4) is 0 Å². The molecule has 0 aromatic carbocycles. The van der Waals surface area contributed by atoms with Gasteiger partial charge in [0, 0.05) is 14.7 Å². The molecule has 1 aromatic rings. The van der Waals surface area contributed by atoms with Gasteiger partial charge in [-0.05, 0) is 41.8 Å². The minimum atomic E-state index is -0.627. The van der Waals surface area contributed by atoms with Crippen LogP contribution in [0.4, 0.5) is 0 Å². The number of rotatable bonds is 2. The van der Waals surface area contributed by atoms with Crippen molar-refractivity contribution in [1.82, 2.24) is 10.2 Å². The predicted octanol–water partition coefficient (Wildman–Crippen LogP) is 3.06. The highest BCUT2D eigenvalue weighted by Crippen LogP contribution is 2.38. The molecule has 1 saturated heterocycles. The maximum atomic E-state index is 12.7. The summed E-state index contributed by atoms with van der Waals surface area (Å²) in [5, 5.41) is 4.89. The van der Waals surface area contributed by atoms with Crippen molar-refractivity contribution in [3.63, 3.8) is 0 Å². The van der Waals surface area contributed by atoms with Crippen LogP contribution in [0.1, 0.15) is 43.9 Å². The standard InChI is InChI=1S/C15H19BrN2O2S/c1-10-13(19)18(8-12-7-11(16)9-21-12)15(14(20)17-10)5-3-2-4-6-15/h7,9-10H,2-6,8H2,1H3,(H,17,20). The van der Waals surface area contributed by atoms with Crippen LogP contribution < -0.4 is 5.32 Å². The molecule has 1 spiro atoms. The van der Waals surface area contributed by atoms with E-state index in [0.29, 0.717) is 6.54 Å². The monoisotopic (exact) mass is 370 g/mol. The van der Waals surface area contributed by atoms with Gasteiger partial charge < -0.3 is 10.2 Å². The van der Waals surface area contributed by atoms with Gasteiger partial charge in [-0.1, -0.05) is 19.3 Å². The highest BCUT2D eigenvalue weighted by atomic mass is 79.9. The fourth-order valence-electron chi connectivity index (χ4n) is 3.42. The second-order valence-corrected chi connectivity index (χ2v) is 7.85. The third kappa shape index (κ3) is 2.63. The average molecular weight is 371 g/mol. The molecule has 2 amide bonds. The molecule has 114 valence electrons. The van der Waals surface area contributed by atoms with Crippen LogP contribution in [-0.4, -0.2) is 28.3 Å². The van der Waals surface area contributed by atoms with Gasteiger partial charge in [0.1, 0.15) is 11.6 Å². The van der Waals surface area contributed by atoms with E-state index in [1.54, 1.807) is 18.3 Å². The molecule has 1 atom stereocenters. The molecule has 1 unspecified atom stereocenters. The Morgan fingerprint density at radius 2 is 2.10 bits per heavy atom. The van der Waals surface area contributed by atoms with Gasteiger partial charge in [0.25, 0.3) is 0 Å². The third-order valence-corrected chi connectivity index (χ3v) is 6.22. The number of halogens is 1. The fourth-order valence-corrected chi connectivity index (χ4v) is 4.85. The Bertz CT molecular complexity index is 566. The lowest BCUT2D eigenvalue weighted by atomic mass is 9.77. The van der Waals surface area contributed by atoms with Crippen molar-refractivity contribution in [2.75, 3.05) is 0 Å². The number of hydrogen-bond acceptors (Lipinski definition) is 3. The second kappa shape index (κ2) is 5.72. The number of thiophene rings is 1. The van der Waals surface area contributed by atoms with Gasteiger partial charge in [-0.15, -0.1) is 11.3 Å². The molecule has 2 fully saturated rings. The smallest absolute Gasteiger partial charge is 0.246 e. The Morgan fingerprint density at radius 1 is 1.38 bits per heavy atom. The Hall–Kier alpha value is -0.880. The third-order valence-electron chi connectivity index (χ3n) is 4.54. The van der Waals surface area contributed by atoms with E-state index in [0.717, 1.165) is 41.5 Å². The van der Waals surface area contributed by atoms with Gasteiger partial charge in [-0.2, -0.15) is 0 Å². The summed E-state index contributed by atoms with van der Waals surface area (Å²) < 4.78 is 1.03. The fraction of sp³-hybridized carbons (Fsp3) is 0.600. The molecule has 0 radical (unpaired) electrons. The summed E-state index contributed by atoms with van der Waals surface area (Å²) in [6.07, 6.45) is 4.74. The molecule has 1 aliphatic carbocycles. The van der Waals surface area contributed by atoms with Gasteiger partial charge in [-0.25, -0.2) is 0 Å². The average Bonchev–Trinajstić information content (AvgIpc) is 2.88. The first-order valence-corrected chi connectivity index (χ1v) is 9.05. The minimum Gasteiger partial charge on any atom is -0.343 e. The summed E-state index contributed by atoms with van der Waals surface area (Å²) in [6.45, 7) is 2.31. The van der Waals surface area contributed by atoms with Crippen molar-refractivity contribution < 1.29 is 9.59 Å². The molecule has 2 heterocycles. The van der Waals surface area contributed by atoms with Gasteiger partial charge >= 0.3 is 0 Å². The van der Waals surface area contributed by atoms with Gasteiger partial charge in [0.05, 0.1) is 6.54 Å². The molecule has 6 heteroatoms. The molecular formula is C15H19BrN2O2S. The normalized spacial score (nSPS) is 25.2.